The van der Waals surface area contributed by atoms with Gasteiger partial charge in [0.05, 0.1) is 0 Å². The largest absolute Gasteiger partial charge is 0.437 e. The zero-order valence-electron chi connectivity index (χ0n) is 11.9. The molecular weight excluding hydrogens is 252 g/mol. The number of aromatic nitrogens is 2. The fraction of sp³-hybridized carbons (Fsp3) is 0.333. The Bertz CT molecular complexity index is 545. The Morgan fingerprint density at radius 2 is 1.95 bits per heavy atom. The lowest BCUT2D eigenvalue weighted by Crippen LogP contribution is -2.21. The van der Waals surface area contributed by atoms with E-state index in [-0.39, 0.29) is 0 Å². The Labute approximate surface area is 119 Å². The summed E-state index contributed by atoms with van der Waals surface area (Å²) in [7, 11) is 1.97. The van der Waals surface area contributed by atoms with Crippen LogP contribution in [0.3, 0.4) is 0 Å². The van der Waals surface area contributed by atoms with Crippen LogP contribution in [0.15, 0.2) is 36.7 Å². The Hall–Kier alpha value is -2.30. The zero-order chi connectivity index (χ0) is 14.4. The average Bonchev–Trinajstić information content (AvgIpc) is 2.48. The third-order valence-corrected chi connectivity index (χ3v) is 2.99. The molecule has 0 bridgehead atoms. The van der Waals surface area contributed by atoms with Crippen LogP contribution in [0, 0.1) is 0 Å². The summed E-state index contributed by atoms with van der Waals surface area (Å²) < 4.78 is 5.70. The predicted octanol–water partition coefficient (Wildman–Crippen LogP) is 3.09. The van der Waals surface area contributed by atoms with E-state index in [0.29, 0.717) is 23.1 Å². The normalized spacial score (nSPS) is 10.3. The fourth-order valence-corrected chi connectivity index (χ4v) is 1.86. The van der Waals surface area contributed by atoms with Gasteiger partial charge >= 0.3 is 0 Å². The Morgan fingerprint density at radius 3 is 2.65 bits per heavy atom. The molecule has 0 unspecified atom stereocenters. The van der Waals surface area contributed by atoms with Crippen LogP contribution >= 0.6 is 0 Å². The molecule has 106 valence electrons. The molecule has 0 amide bonds. The molecule has 20 heavy (non-hydrogen) atoms. The summed E-state index contributed by atoms with van der Waals surface area (Å²) >= 11 is 0. The van der Waals surface area contributed by atoms with Gasteiger partial charge in [-0.1, -0.05) is 31.5 Å². The minimum atomic E-state index is 0.393. The fourth-order valence-electron chi connectivity index (χ4n) is 1.86. The third kappa shape index (κ3) is 3.38. The van der Waals surface area contributed by atoms with Crippen molar-refractivity contribution in [2.75, 3.05) is 24.2 Å². The first-order chi connectivity index (χ1) is 9.72. The van der Waals surface area contributed by atoms with Gasteiger partial charge in [0.1, 0.15) is 17.8 Å². The molecule has 0 aliphatic rings. The number of hydrogen-bond donors (Lipinski definition) is 1. The monoisotopic (exact) mass is 272 g/mol. The molecule has 1 heterocycles. The van der Waals surface area contributed by atoms with E-state index in [2.05, 4.69) is 16.9 Å². The number of unbranched alkanes of at least 4 members (excludes halogenated alkanes) is 1. The molecule has 2 rings (SSSR count). The number of hydrogen-bond acceptors (Lipinski definition) is 5. The van der Waals surface area contributed by atoms with E-state index in [1.165, 1.54) is 6.33 Å². The Balaban J connectivity index is 2.19. The van der Waals surface area contributed by atoms with Gasteiger partial charge in [0.2, 0.25) is 5.88 Å². The summed E-state index contributed by atoms with van der Waals surface area (Å²) in [6.07, 6.45) is 3.70. The molecule has 2 aromatic rings. The lowest BCUT2D eigenvalue weighted by atomic mass is 10.3. The first-order valence-corrected chi connectivity index (χ1v) is 6.77. The SMILES string of the molecule is CCCCN(C)c1ncnc(Oc2ccccc2)c1N. The number of para-hydroxylation sites is 1. The predicted molar refractivity (Wildman–Crippen MR) is 81.1 cm³/mol. The van der Waals surface area contributed by atoms with Crippen molar-refractivity contribution in [1.82, 2.24) is 9.97 Å². The summed E-state index contributed by atoms with van der Waals surface area (Å²) in [6.45, 7) is 3.06. The van der Waals surface area contributed by atoms with Crippen LogP contribution in [-0.2, 0) is 0 Å². The van der Waals surface area contributed by atoms with Gasteiger partial charge in [-0.15, -0.1) is 0 Å². The number of rotatable bonds is 6. The van der Waals surface area contributed by atoms with Gasteiger partial charge in [-0.25, -0.2) is 4.98 Å². The van der Waals surface area contributed by atoms with Gasteiger partial charge in [-0.3, -0.25) is 0 Å². The summed E-state index contributed by atoms with van der Waals surface area (Å²) in [5, 5.41) is 0. The number of nitrogens with zero attached hydrogens (tertiary/aromatic N) is 3. The summed E-state index contributed by atoms with van der Waals surface area (Å²) in [4.78, 5) is 10.4. The molecule has 0 fully saturated rings. The molecular formula is C15H20N4O. The number of benzene rings is 1. The van der Waals surface area contributed by atoms with Crippen molar-refractivity contribution in [3.05, 3.63) is 36.7 Å². The molecule has 0 saturated carbocycles. The molecule has 0 saturated heterocycles. The molecule has 1 aromatic heterocycles. The highest BCUT2D eigenvalue weighted by molar-refractivity contribution is 5.67. The molecule has 0 atom stereocenters. The molecule has 2 N–H and O–H groups in total. The van der Waals surface area contributed by atoms with Gasteiger partial charge < -0.3 is 15.4 Å². The van der Waals surface area contributed by atoms with Gasteiger partial charge in [0.25, 0.3) is 0 Å². The van der Waals surface area contributed by atoms with Crippen molar-refractivity contribution in [3.63, 3.8) is 0 Å². The smallest absolute Gasteiger partial charge is 0.248 e. The van der Waals surface area contributed by atoms with E-state index in [1.54, 1.807) is 0 Å². The summed E-state index contributed by atoms with van der Waals surface area (Å²) in [5.74, 6) is 1.81. The maximum absolute atomic E-state index is 6.11. The van der Waals surface area contributed by atoms with Crippen molar-refractivity contribution in [1.29, 1.82) is 0 Å². The minimum absolute atomic E-state index is 0.393. The number of nitrogen functional groups attached to an aromatic ring is 1. The van der Waals surface area contributed by atoms with Crippen molar-refractivity contribution in [2.24, 2.45) is 0 Å². The molecule has 0 spiro atoms. The van der Waals surface area contributed by atoms with Crippen LogP contribution in [0.25, 0.3) is 0 Å². The van der Waals surface area contributed by atoms with Crippen LogP contribution in [0.1, 0.15) is 19.8 Å². The molecule has 1 aromatic carbocycles. The molecule has 0 aliphatic heterocycles. The molecule has 5 nitrogen and oxygen atoms in total. The highest BCUT2D eigenvalue weighted by Crippen LogP contribution is 2.30. The van der Waals surface area contributed by atoms with E-state index >= 15 is 0 Å². The van der Waals surface area contributed by atoms with E-state index in [1.807, 2.05) is 42.3 Å². The second-order valence-electron chi connectivity index (χ2n) is 4.61. The Morgan fingerprint density at radius 1 is 1.20 bits per heavy atom. The van der Waals surface area contributed by atoms with Crippen LogP contribution in [0.5, 0.6) is 11.6 Å². The highest BCUT2D eigenvalue weighted by Gasteiger charge is 2.13. The number of nitrogens with two attached hydrogens (primary N) is 1. The van der Waals surface area contributed by atoms with Crippen LogP contribution in [-0.4, -0.2) is 23.6 Å². The van der Waals surface area contributed by atoms with Crippen LogP contribution in [0.2, 0.25) is 0 Å². The lowest BCUT2D eigenvalue weighted by molar-refractivity contribution is 0.464. The first-order valence-electron chi connectivity index (χ1n) is 6.77. The maximum atomic E-state index is 6.11. The lowest BCUT2D eigenvalue weighted by Gasteiger charge is -2.20. The highest BCUT2D eigenvalue weighted by atomic mass is 16.5. The quantitative estimate of drug-likeness (QED) is 0.875. The van der Waals surface area contributed by atoms with E-state index in [9.17, 15) is 0 Å². The molecule has 0 aliphatic carbocycles. The van der Waals surface area contributed by atoms with Crippen molar-refractivity contribution >= 4 is 11.5 Å². The standard InChI is InChI=1S/C15H20N4O/c1-3-4-10-19(2)14-13(16)15(18-11-17-14)20-12-8-6-5-7-9-12/h5-9,11H,3-4,10,16H2,1-2H3. The third-order valence-electron chi connectivity index (χ3n) is 2.99. The Kier molecular flexibility index (Phi) is 4.76. The minimum Gasteiger partial charge on any atom is -0.437 e. The summed E-state index contributed by atoms with van der Waals surface area (Å²) in [5.41, 5.74) is 6.58. The van der Waals surface area contributed by atoms with Crippen LogP contribution in [0.4, 0.5) is 11.5 Å². The van der Waals surface area contributed by atoms with E-state index in [0.717, 1.165) is 19.4 Å². The molecule has 5 heteroatoms. The topological polar surface area (TPSA) is 64.3 Å². The first kappa shape index (κ1) is 14.1. The van der Waals surface area contributed by atoms with Gasteiger partial charge in [0.15, 0.2) is 5.82 Å². The van der Waals surface area contributed by atoms with E-state index < -0.39 is 0 Å². The van der Waals surface area contributed by atoms with Gasteiger partial charge in [-0.05, 0) is 18.6 Å². The van der Waals surface area contributed by atoms with Gasteiger partial charge in [0, 0.05) is 13.6 Å². The second-order valence-corrected chi connectivity index (χ2v) is 4.61. The average molecular weight is 272 g/mol. The second kappa shape index (κ2) is 6.75. The number of anilines is 2. The zero-order valence-corrected chi connectivity index (χ0v) is 11.9. The van der Waals surface area contributed by atoms with Crippen molar-refractivity contribution in [2.45, 2.75) is 19.8 Å². The van der Waals surface area contributed by atoms with Gasteiger partial charge in [-0.2, -0.15) is 4.98 Å². The maximum Gasteiger partial charge on any atom is 0.248 e. The van der Waals surface area contributed by atoms with Crippen molar-refractivity contribution < 1.29 is 4.74 Å². The van der Waals surface area contributed by atoms with E-state index in [4.69, 9.17) is 10.5 Å². The van der Waals surface area contributed by atoms with Crippen LogP contribution < -0.4 is 15.4 Å². The summed E-state index contributed by atoms with van der Waals surface area (Å²) in [6, 6.07) is 9.46. The molecule has 0 radical (unpaired) electrons. The number of ether oxygens (including phenoxy) is 1. The van der Waals surface area contributed by atoms with Crippen molar-refractivity contribution in [3.8, 4) is 11.6 Å².